The fourth-order valence-corrected chi connectivity index (χ4v) is 0.948. The second kappa shape index (κ2) is 8.58. The third-order valence-electron chi connectivity index (χ3n) is 0.428. The standard InChI is InChI=1S/C4H10O3S2/c1-5-3-8-7-9-4-6-2/h3-4H2,1-2H3. The van der Waals surface area contributed by atoms with Crippen LogP contribution in [0.4, 0.5) is 0 Å². The van der Waals surface area contributed by atoms with Crippen molar-refractivity contribution in [3.63, 3.8) is 0 Å². The van der Waals surface area contributed by atoms with Crippen molar-refractivity contribution in [2.75, 3.05) is 26.1 Å². The van der Waals surface area contributed by atoms with E-state index in [1.165, 1.54) is 24.1 Å². The predicted molar refractivity (Wildman–Crippen MR) is 40.0 cm³/mol. The van der Waals surface area contributed by atoms with Gasteiger partial charge in [0.05, 0.1) is 0 Å². The molecule has 0 aromatic carbocycles. The van der Waals surface area contributed by atoms with Gasteiger partial charge in [0.1, 0.15) is 11.9 Å². The molecule has 0 radical (unpaired) electrons. The van der Waals surface area contributed by atoms with E-state index in [2.05, 4.69) is 0 Å². The van der Waals surface area contributed by atoms with Crippen molar-refractivity contribution in [2.45, 2.75) is 0 Å². The molecule has 0 saturated carbocycles. The number of rotatable bonds is 6. The monoisotopic (exact) mass is 170 g/mol. The smallest absolute Gasteiger partial charge is 0.119 e. The van der Waals surface area contributed by atoms with Crippen molar-refractivity contribution in [1.82, 2.24) is 0 Å². The number of methoxy groups -OCH3 is 2. The number of ether oxygens (including phenoxy) is 2. The highest BCUT2D eigenvalue weighted by molar-refractivity contribution is 8.07. The summed E-state index contributed by atoms with van der Waals surface area (Å²) in [6.07, 6.45) is 0. The van der Waals surface area contributed by atoms with E-state index in [1.807, 2.05) is 0 Å². The van der Waals surface area contributed by atoms with Crippen LogP contribution < -0.4 is 0 Å². The quantitative estimate of drug-likeness (QED) is 0.342. The highest BCUT2D eigenvalue weighted by atomic mass is 32.2. The summed E-state index contributed by atoms with van der Waals surface area (Å²) in [6.45, 7) is 0. The first-order valence-electron chi connectivity index (χ1n) is 2.30. The lowest BCUT2D eigenvalue weighted by molar-refractivity contribution is 0.251. The van der Waals surface area contributed by atoms with Crippen LogP contribution in [0.2, 0.25) is 0 Å². The molecular formula is C4H10O3S2. The fraction of sp³-hybridized carbons (Fsp3) is 1.00. The van der Waals surface area contributed by atoms with Gasteiger partial charge in [0.25, 0.3) is 0 Å². The van der Waals surface area contributed by atoms with E-state index >= 15 is 0 Å². The van der Waals surface area contributed by atoms with Gasteiger partial charge in [0.15, 0.2) is 0 Å². The van der Waals surface area contributed by atoms with Crippen LogP contribution in [0.25, 0.3) is 0 Å². The summed E-state index contributed by atoms with van der Waals surface area (Å²) in [5.41, 5.74) is 0. The number of hydrogen-bond donors (Lipinski definition) is 0. The largest absolute Gasteiger partial charge is 0.372 e. The van der Waals surface area contributed by atoms with Gasteiger partial charge in [0.2, 0.25) is 0 Å². The van der Waals surface area contributed by atoms with Crippen molar-refractivity contribution < 1.29 is 13.1 Å². The maximum atomic E-state index is 4.90. The van der Waals surface area contributed by atoms with E-state index in [4.69, 9.17) is 13.1 Å². The van der Waals surface area contributed by atoms with Gasteiger partial charge in [-0.25, -0.2) is 3.63 Å². The SMILES string of the molecule is COCSOSCOC. The van der Waals surface area contributed by atoms with E-state index in [-0.39, 0.29) is 0 Å². The lowest BCUT2D eigenvalue weighted by Crippen LogP contribution is -1.83. The molecule has 56 valence electrons. The Morgan fingerprint density at radius 3 is 1.78 bits per heavy atom. The molecule has 0 spiro atoms. The zero-order valence-corrected chi connectivity index (χ0v) is 7.09. The second-order valence-corrected chi connectivity index (χ2v) is 2.60. The summed E-state index contributed by atoms with van der Waals surface area (Å²) in [4.78, 5) is 0. The Labute approximate surface area is 63.8 Å². The molecule has 0 fully saturated rings. The van der Waals surface area contributed by atoms with Gasteiger partial charge < -0.3 is 9.47 Å². The average Bonchev–Trinajstić information content (AvgIpc) is 1.89. The molecule has 0 atom stereocenters. The van der Waals surface area contributed by atoms with Gasteiger partial charge in [0, 0.05) is 38.3 Å². The molecule has 0 amide bonds. The predicted octanol–water partition coefficient (Wildman–Crippen LogP) is 1.51. The van der Waals surface area contributed by atoms with E-state index in [0.717, 1.165) is 0 Å². The van der Waals surface area contributed by atoms with Crippen LogP contribution >= 0.6 is 24.1 Å². The van der Waals surface area contributed by atoms with Crippen molar-refractivity contribution in [2.24, 2.45) is 0 Å². The van der Waals surface area contributed by atoms with E-state index in [1.54, 1.807) is 14.2 Å². The van der Waals surface area contributed by atoms with Crippen molar-refractivity contribution >= 4 is 24.1 Å². The Kier molecular flexibility index (Phi) is 9.13. The van der Waals surface area contributed by atoms with Crippen LogP contribution in [0.3, 0.4) is 0 Å². The van der Waals surface area contributed by atoms with Gasteiger partial charge in [-0.15, -0.1) is 0 Å². The molecule has 0 heterocycles. The molecule has 0 saturated heterocycles. The molecule has 0 aliphatic rings. The van der Waals surface area contributed by atoms with Gasteiger partial charge in [-0.3, -0.25) is 0 Å². The molecule has 0 bridgehead atoms. The van der Waals surface area contributed by atoms with Gasteiger partial charge in [-0.2, -0.15) is 0 Å². The summed E-state index contributed by atoms with van der Waals surface area (Å²) in [5, 5.41) is 0. The van der Waals surface area contributed by atoms with Crippen LogP contribution in [0, 0.1) is 0 Å². The second-order valence-electron chi connectivity index (χ2n) is 1.12. The van der Waals surface area contributed by atoms with E-state index in [0.29, 0.717) is 11.9 Å². The summed E-state index contributed by atoms with van der Waals surface area (Å²) < 4.78 is 14.3. The molecule has 0 rings (SSSR count). The summed E-state index contributed by atoms with van der Waals surface area (Å²) in [5.74, 6) is 1.10. The fourth-order valence-electron chi connectivity index (χ4n) is 0.170. The molecule has 9 heavy (non-hydrogen) atoms. The highest BCUT2D eigenvalue weighted by Gasteiger charge is 1.86. The molecule has 3 nitrogen and oxygen atoms in total. The molecular weight excluding hydrogens is 160 g/mol. The first-order chi connectivity index (χ1) is 4.41. The molecule has 0 aromatic rings. The topological polar surface area (TPSA) is 27.7 Å². The minimum Gasteiger partial charge on any atom is -0.372 e. The van der Waals surface area contributed by atoms with Crippen LogP contribution in [-0.4, -0.2) is 26.1 Å². The summed E-state index contributed by atoms with van der Waals surface area (Å²) >= 11 is 2.51. The first kappa shape index (κ1) is 9.58. The molecule has 0 aliphatic heterocycles. The molecule has 5 heteroatoms. The lowest BCUT2D eigenvalue weighted by atomic mass is 11.5. The average molecular weight is 170 g/mol. The van der Waals surface area contributed by atoms with E-state index in [9.17, 15) is 0 Å². The summed E-state index contributed by atoms with van der Waals surface area (Å²) in [6, 6.07) is 0. The Bertz CT molecular complexity index is 47.1. The van der Waals surface area contributed by atoms with Crippen LogP contribution in [-0.2, 0) is 13.1 Å². The van der Waals surface area contributed by atoms with Crippen LogP contribution in [0.5, 0.6) is 0 Å². The minimum absolute atomic E-state index is 0.552. The Morgan fingerprint density at radius 1 is 1.00 bits per heavy atom. The minimum atomic E-state index is 0.552. The maximum Gasteiger partial charge on any atom is 0.119 e. The van der Waals surface area contributed by atoms with Crippen molar-refractivity contribution in [3.05, 3.63) is 0 Å². The van der Waals surface area contributed by atoms with Crippen LogP contribution in [0.1, 0.15) is 0 Å². The Balaban J connectivity index is 2.60. The number of hydrogen-bond acceptors (Lipinski definition) is 5. The van der Waals surface area contributed by atoms with Gasteiger partial charge in [-0.05, 0) is 0 Å². The first-order valence-corrected chi connectivity index (χ1v) is 4.13. The molecule has 0 N–H and O–H groups in total. The maximum absolute atomic E-state index is 4.90. The zero-order chi connectivity index (χ0) is 6.95. The van der Waals surface area contributed by atoms with Gasteiger partial charge in [-0.1, -0.05) is 0 Å². The lowest BCUT2D eigenvalue weighted by Gasteiger charge is -1.97. The summed E-state index contributed by atoms with van der Waals surface area (Å²) in [7, 11) is 3.24. The Morgan fingerprint density at radius 2 is 1.44 bits per heavy atom. The molecule has 0 unspecified atom stereocenters. The normalized spacial score (nSPS) is 10.0. The third-order valence-corrected chi connectivity index (χ3v) is 1.86. The Hall–Kier alpha value is 0.580. The van der Waals surface area contributed by atoms with Crippen LogP contribution in [0.15, 0.2) is 0 Å². The zero-order valence-electron chi connectivity index (χ0n) is 5.46. The van der Waals surface area contributed by atoms with Crippen molar-refractivity contribution in [3.8, 4) is 0 Å². The third kappa shape index (κ3) is 8.58. The molecule has 0 aromatic heterocycles. The van der Waals surface area contributed by atoms with E-state index < -0.39 is 0 Å². The molecule has 0 aliphatic carbocycles. The highest BCUT2D eigenvalue weighted by Crippen LogP contribution is 2.13. The van der Waals surface area contributed by atoms with Crippen molar-refractivity contribution in [1.29, 1.82) is 0 Å². The van der Waals surface area contributed by atoms with Gasteiger partial charge >= 0.3 is 0 Å².